The van der Waals surface area contributed by atoms with E-state index in [2.05, 4.69) is 29.5 Å². The molecule has 0 bridgehead atoms. The Morgan fingerprint density at radius 3 is 2.19 bits per heavy atom. The van der Waals surface area contributed by atoms with Gasteiger partial charge in [-0.3, -0.25) is 9.97 Å². The highest BCUT2D eigenvalue weighted by atomic mass is 14.7. The zero-order valence-corrected chi connectivity index (χ0v) is 12.4. The molecule has 2 aromatic heterocycles. The lowest BCUT2D eigenvalue weighted by atomic mass is 10.1. The Morgan fingerprint density at radius 1 is 1.00 bits per heavy atom. The van der Waals surface area contributed by atoms with E-state index in [1.54, 1.807) is 0 Å². The summed E-state index contributed by atoms with van der Waals surface area (Å²) in [5.41, 5.74) is 4.46. The molecule has 2 heteroatoms. The molecule has 106 valence electrons. The Hall–Kier alpha value is -2.48. The van der Waals surface area contributed by atoms with Gasteiger partial charge in [-0.05, 0) is 36.8 Å². The van der Waals surface area contributed by atoms with E-state index >= 15 is 0 Å². The first kappa shape index (κ1) is 14.9. The van der Waals surface area contributed by atoms with Crippen LogP contribution in [0.25, 0.3) is 0 Å². The lowest BCUT2D eigenvalue weighted by Gasteiger charge is -2.00. The smallest absolute Gasteiger partial charge is 0.0447 e. The van der Waals surface area contributed by atoms with Gasteiger partial charge in [0.05, 0.1) is 0 Å². The van der Waals surface area contributed by atoms with Gasteiger partial charge in [-0.2, -0.15) is 0 Å². The second-order valence-electron chi connectivity index (χ2n) is 5.03. The summed E-state index contributed by atoms with van der Waals surface area (Å²) in [6.45, 7) is 6.17. The molecule has 0 aromatic carbocycles. The molecule has 2 rings (SSSR count). The number of nitrogens with zero attached hydrogens (tertiary/aromatic N) is 2. The van der Waals surface area contributed by atoms with Crippen LogP contribution in [0.1, 0.15) is 18.3 Å². The maximum Gasteiger partial charge on any atom is 0.0447 e. The molecule has 0 aliphatic heterocycles. The Kier molecular flexibility index (Phi) is 5.65. The summed E-state index contributed by atoms with van der Waals surface area (Å²) in [6, 6.07) is 11.9. The van der Waals surface area contributed by atoms with Crippen LogP contribution in [0.15, 0.2) is 84.7 Å². The molecule has 2 nitrogen and oxygen atoms in total. The van der Waals surface area contributed by atoms with E-state index in [-0.39, 0.29) is 0 Å². The highest BCUT2D eigenvalue weighted by Gasteiger charge is 1.95. The highest BCUT2D eigenvalue weighted by Crippen LogP contribution is 2.07. The van der Waals surface area contributed by atoms with Gasteiger partial charge >= 0.3 is 0 Å². The predicted molar refractivity (Wildman–Crippen MR) is 87.9 cm³/mol. The Bertz CT molecular complexity index is 625. The Labute approximate surface area is 126 Å². The molecule has 2 aromatic rings. The third-order valence-corrected chi connectivity index (χ3v) is 3.03. The average molecular weight is 276 g/mol. The zero-order valence-electron chi connectivity index (χ0n) is 12.4. The fraction of sp³-hybridized carbons (Fsp3) is 0.158. The van der Waals surface area contributed by atoms with Crippen molar-refractivity contribution >= 4 is 0 Å². The van der Waals surface area contributed by atoms with E-state index in [1.807, 2.05) is 60.9 Å². The van der Waals surface area contributed by atoms with Gasteiger partial charge in [-0.15, -0.1) is 0 Å². The van der Waals surface area contributed by atoms with Crippen molar-refractivity contribution in [2.24, 2.45) is 0 Å². The second kappa shape index (κ2) is 7.95. The summed E-state index contributed by atoms with van der Waals surface area (Å²) >= 11 is 0. The van der Waals surface area contributed by atoms with Crippen LogP contribution in [0.5, 0.6) is 0 Å². The minimum Gasteiger partial charge on any atom is -0.261 e. The first-order chi connectivity index (χ1) is 10.2. The molecule has 0 aliphatic rings. The van der Waals surface area contributed by atoms with Crippen molar-refractivity contribution < 1.29 is 0 Å². The van der Waals surface area contributed by atoms with E-state index in [1.165, 1.54) is 5.57 Å². The topological polar surface area (TPSA) is 25.8 Å². The fourth-order valence-electron chi connectivity index (χ4n) is 1.99. The van der Waals surface area contributed by atoms with Gasteiger partial charge in [0.15, 0.2) is 0 Å². The maximum atomic E-state index is 4.33. The van der Waals surface area contributed by atoms with Gasteiger partial charge in [0.1, 0.15) is 0 Å². The highest BCUT2D eigenvalue weighted by molar-refractivity contribution is 5.26. The van der Waals surface area contributed by atoms with Crippen LogP contribution in [0.2, 0.25) is 0 Å². The van der Waals surface area contributed by atoms with Crippen molar-refractivity contribution in [1.82, 2.24) is 9.97 Å². The van der Waals surface area contributed by atoms with Gasteiger partial charge < -0.3 is 0 Å². The zero-order chi connectivity index (χ0) is 14.9. The average Bonchev–Trinajstić information content (AvgIpc) is 2.49. The predicted octanol–water partition coefficient (Wildman–Crippen LogP) is 4.32. The van der Waals surface area contributed by atoms with Crippen LogP contribution >= 0.6 is 0 Å². The molecule has 0 amide bonds. The molecule has 0 saturated carbocycles. The molecular weight excluding hydrogens is 256 g/mol. The standard InChI is InChI=1S/C19H20N2/c1-16(14-18-10-3-5-12-20-18)8-7-9-17(2)15-19-11-4-6-13-21-19/h3-13H,1,14-15H2,2H3/b8-7-,17-9+. The number of pyridine rings is 2. The van der Waals surface area contributed by atoms with Crippen LogP contribution in [-0.4, -0.2) is 9.97 Å². The molecule has 21 heavy (non-hydrogen) atoms. The number of allylic oxidation sites excluding steroid dienone is 5. The van der Waals surface area contributed by atoms with Crippen molar-refractivity contribution in [1.29, 1.82) is 0 Å². The third kappa shape index (κ3) is 5.57. The Morgan fingerprint density at radius 2 is 1.62 bits per heavy atom. The molecule has 0 unspecified atom stereocenters. The van der Waals surface area contributed by atoms with Crippen molar-refractivity contribution in [3.8, 4) is 0 Å². The largest absolute Gasteiger partial charge is 0.261 e. The SMILES string of the molecule is C=C(/C=C\C=C(/C)Cc1ccccn1)Cc1ccccn1. The Balaban J connectivity index is 1.86. The molecule has 0 radical (unpaired) electrons. The molecule has 0 N–H and O–H groups in total. The minimum atomic E-state index is 0.782. The van der Waals surface area contributed by atoms with Gasteiger partial charge in [0, 0.05) is 36.6 Å². The lowest BCUT2D eigenvalue weighted by molar-refractivity contribution is 1.05. The van der Waals surface area contributed by atoms with Crippen LogP contribution in [0.4, 0.5) is 0 Å². The van der Waals surface area contributed by atoms with Crippen molar-refractivity contribution in [2.75, 3.05) is 0 Å². The molecule has 2 heterocycles. The molecule has 0 aliphatic carbocycles. The van der Waals surface area contributed by atoms with E-state index < -0.39 is 0 Å². The van der Waals surface area contributed by atoms with Gasteiger partial charge in [-0.25, -0.2) is 0 Å². The maximum absolute atomic E-state index is 4.33. The molecule has 0 fully saturated rings. The minimum absolute atomic E-state index is 0.782. The van der Waals surface area contributed by atoms with Crippen LogP contribution in [0, 0.1) is 0 Å². The number of hydrogen-bond donors (Lipinski definition) is 0. The van der Waals surface area contributed by atoms with Crippen LogP contribution < -0.4 is 0 Å². The molecule has 0 saturated heterocycles. The van der Waals surface area contributed by atoms with Crippen LogP contribution in [0.3, 0.4) is 0 Å². The summed E-state index contributed by atoms with van der Waals surface area (Å²) in [7, 11) is 0. The molecular formula is C19H20N2. The van der Waals surface area contributed by atoms with E-state index in [9.17, 15) is 0 Å². The quantitative estimate of drug-likeness (QED) is 0.734. The van der Waals surface area contributed by atoms with Crippen molar-refractivity contribution in [3.05, 3.63) is 96.1 Å². The number of aromatic nitrogens is 2. The second-order valence-corrected chi connectivity index (χ2v) is 5.03. The number of rotatable bonds is 6. The summed E-state index contributed by atoms with van der Waals surface area (Å²) < 4.78 is 0. The fourth-order valence-corrected chi connectivity index (χ4v) is 1.99. The van der Waals surface area contributed by atoms with E-state index in [4.69, 9.17) is 0 Å². The molecule has 0 atom stereocenters. The van der Waals surface area contributed by atoms with E-state index in [0.29, 0.717) is 0 Å². The normalized spacial score (nSPS) is 11.8. The van der Waals surface area contributed by atoms with Gasteiger partial charge in [-0.1, -0.05) is 42.5 Å². The third-order valence-electron chi connectivity index (χ3n) is 3.03. The van der Waals surface area contributed by atoms with Crippen LogP contribution in [-0.2, 0) is 12.8 Å². The summed E-state index contributed by atoms with van der Waals surface area (Å²) in [4.78, 5) is 8.63. The summed E-state index contributed by atoms with van der Waals surface area (Å²) in [5.74, 6) is 0. The first-order valence-electron chi connectivity index (χ1n) is 7.05. The lowest BCUT2D eigenvalue weighted by Crippen LogP contribution is -1.90. The number of hydrogen-bond acceptors (Lipinski definition) is 2. The van der Waals surface area contributed by atoms with Gasteiger partial charge in [0.2, 0.25) is 0 Å². The first-order valence-corrected chi connectivity index (χ1v) is 7.05. The monoisotopic (exact) mass is 276 g/mol. The summed E-state index contributed by atoms with van der Waals surface area (Å²) in [6.07, 6.45) is 11.5. The van der Waals surface area contributed by atoms with Crippen molar-refractivity contribution in [3.63, 3.8) is 0 Å². The molecule has 0 spiro atoms. The summed E-state index contributed by atoms with van der Waals surface area (Å²) in [5, 5.41) is 0. The van der Waals surface area contributed by atoms with E-state index in [0.717, 1.165) is 29.8 Å². The van der Waals surface area contributed by atoms with Crippen molar-refractivity contribution in [2.45, 2.75) is 19.8 Å². The van der Waals surface area contributed by atoms with Gasteiger partial charge in [0.25, 0.3) is 0 Å².